The maximum Gasteiger partial charge on any atom is 0.237 e. The highest BCUT2D eigenvalue weighted by molar-refractivity contribution is 5.81. The van der Waals surface area contributed by atoms with E-state index in [4.69, 9.17) is 5.73 Å². The van der Waals surface area contributed by atoms with Crippen LogP contribution in [-0.4, -0.2) is 11.9 Å². The normalized spacial score (nSPS) is 14.4. The summed E-state index contributed by atoms with van der Waals surface area (Å²) in [5.41, 5.74) is 6.27. The van der Waals surface area contributed by atoms with Gasteiger partial charge in [-0.15, -0.1) is 0 Å². The average Bonchev–Trinajstić information content (AvgIpc) is 2.18. The van der Waals surface area contributed by atoms with Crippen LogP contribution < -0.4 is 11.1 Å². The van der Waals surface area contributed by atoms with Gasteiger partial charge in [-0.3, -0.25) is 4.79 Å². The third kappa shape index (κ3) is 3.32. The van der Waals surface area contributed by atoms with Gasteiger partial charge in [0, 0.05) is 0 Å². The number of hydrogen-bond donors (Lipinski definition) is 2. The van der Waals surface area contributed by atoms with Gasteiger partial charge in [0.2, 0.25) is 5.91 Å². The molecule has 1 aromatic rings. The summed E-state index contributed by atoms with van der Waals surface area (Å²) in [5.74, 6) is -0.503. The Kier molecular flexibility index (Phi) is 3.80. The van der Waals surface area contributed by atoms with Gasteiger partial charge in [0.05, 0.1) is 12.1 Å². The first-order valence-electron chi connectivity index (χ1n) is 4.82. The van der Waals surface area contributed by atoms with Crippen molar-refractivity contribution in [1.82, 2.24) is 5.32 Å². The molecule has 0 bridgehead atoms. The Morgan fingerprint density at radius 3 is 2.33 bits per heavy atom. The quantitative estimate of drug-likeness (QED) is 0.791. The van der Waals surface area contributed by atoms with Crippen molar-refractivity contribution in [2.45, 2.75) is 25.9 Å². The number of rotatable bonds is 3. The summed E-state index contributed by atoms with van der Waals surface area (Å²) < 4.78 is 12.6. The Labute approximate surface area is 88.5 Å². The second-order valence-corrected chi connectivity index (χ2v) is 3.57. The van der Waals surface area contributed by atoms with Crippen LogP contribution in [-0.2, 0) is 4.79 Å². The fourth-order valence-corrected chi connectivity index (χ4v) is 1.18. The van der Waals surface area contributed by atoms with Gasteiger partial charge in [0.15, 0.2) is 0 Å². The Morgan fingerprint density at radius 1 is 1.33 bits per heavy atom. The Hall–Kier alpha value is -1.42. The van der Waals surface area contributed by atoms with E-state index in [9.17, 15) is 9.18 Å². The third-order valence-electron chi connectivity index (χ3n) is 2.14. The first-order valence-corrected chi connectivity index (χ1v) is 4.82. The molecular formula is C11H15FN2O. The first-order chi connectivity index (χ1) is 7.00. The van der Waals surface area contributed by atoms with Crippen molar-refractivity contribution in [1.29, 1.82) is 0 Å². The van der Waals surface area contributed by atoms with Gasteiger partial charge in [-0.05, 0) is 31.5 Å². The summed E-state index contributed by atoms with van der Waals surface area (Å²) >= 11 is 0. The van der Waals surface area contributed by atoms with Crippen LogP contribution in [0.4, 0.5) is 4.39 Å². The monoisotopic (exact) mass is 210 g/mol. The zero-order valence-electron chi connectivity index (χ0n) is 8.83. The smallest absolute Gasteiger partial charge is 0.237 e. The Bertz CT molecular complexity index is 335. The van der Waals surface area contributed by atoms with E-state index >= 15 is 0 Å². The van der Waals surface area contributed by atoms with Crippen LogP contribution in [0.15, 0.2) is 24.3 Å². The van der Waals surface area contributed by atoms with E-state index in [1.54, 1.807) is 19.1 Å². The molecule has 0 radical (unpaired) electrons. The molecule has 1 rings (SSSR count). The molecule has 0 spiro atoms. The molecule has 0 unspecified atom stereocenters. The number of halogens is 1. The van der Waals surface area contributed by atoms with Crippen LogP contribution >= 0.6 is 0 Å². The molecule has 0 fully saturated rings. The summed E-state index contributed by atoms with van der Waals surface area (Å²) in [7, 11) is 0. The first kappa shape index (κ1) is 11.7. The minimum Gasteiger partial charge on any atom is -0.348 e. The fourth-order valence-electron chi connectivity index (χ4n) is 1.18. The number of hydrogen-bond acceptors (Lipinski definition) is 2. The predicted octanol–water partition coefficient (Wildman–Crippen LogP) is 1.35. The molecule has 1 aromatic carbocycles. The van der Waals surface area contributed by atoms with E-state index in [1.165, 1.54) is 12.1 Å². The SMILES string of the molecule is C[C@@H](N)C(=O)N[C@H](C)c1ccc(F)cc1. The molecule has 0 aliphatic heterocycles. The van der Waals surface area contributed by atoms with Crippen molar-refractivity contribution in [3.63, 3.8) is 0 Å². The highest BCUT2D eigenvalue weighted by Crippen LogP contribution is 2.12. The Balaban J connectivity index is 2.65. The van der Waals surface area contributed by atoms with Crippen LogP contribution in [0.5, 0.6) is 0 Å². The van der Waals surface area contributed by atoms with Gasteiger partial charge in [-0.1, -0.05) is 12.1 Å². The second-order valence-electron chi connectivity index (χ2n) is 3.57. The maximum absolute atomic E-state index is 12.6. The van der Waals surface area contributed by atoms with Crippen LogP contribution in [0.3, 0.4) is 0 Å². The number of nitrogens with two attached hydrogens (primary N) is 1. The van der Waals surface area contributed by atoms with Crippen LogP contribution in [0, 0.1) is 5.82 Å². The van der Waals surface area contributed by atoms with Gasteiger partial charge in [0.25, 0.3) is 0 Å². The molecule has 0 aromatic heterocycles. The number of nitrogens with one attached hydrogen (secondary N) is 1. The third-order valence-corrected chi connectivity index (χ3v) is 2.14. The lowest BCUT2D eigenvalue weighted by molar-refractivity contribution is -0.122. The molecule has 15 heavy (non-hydrogen) atoms. The summed E-state index contributed by atoms with van der Waals surface area (Å²) in [5, 5.41) is 2.73. The molecule has 0 saturated heterocycles. The van der Waals surface area contributed by atoms with Crippen molar-refractivity contribution in [3.8, 4) is 0 Å². The largest absolute Gasteiger partial charge is 0.348 e. The molecule has 0 aliphatic rings. The zero-order chi connectivity index (χ0) is 11.4. The van der Waals surface area contributed by atoms with Gasteiger partial charge in [-0.2, -0.15) is 0 Å². The van der Waals surface area contributed by atoms with E-state index in [2.05, 4.69) is 5.32 Å². The fraction of sp³-hybridized carbons (Fsp3) is 0.364. The van der Waals surface area contributed by atoms with Gasteiger partial charge < -0.3 is 11.1 Å². The van der Waals surface area contributed by atoms with Crippen molar-refractivity contribution in [2.75, 3.05) is 0 Å². The molecule has 1 amide bonds. The van der Waals surface area contributed by atoms with Gasteiger partial charge in [0.1, 0.15) is 5.82 Å². The van der Waals surface area contributed by atoms with Crippen LogP contribution in [0.2, 0.25) is 0 Å². The molecule has 0 saturated carbocycles. The molecule has 0 aliphatic carbocycles. The standard InChI is InChI=1S/C11H15FN2O/c1-7(13)11(15)14-8(2)9-3-5-10(12)6-4-9/h3-8H,13H2,1-2H3,(H,14,15)/t7-,8-/m1/s1. The van der Waals surface area contributed by atoms with Crippen molar-refractivity contribution >= 4 is 5.91 Å². The van der Waals surface area contributed by atoms with Crippen molar-refractivity contribution < 1.29 is 9.18 Å². The highest BCUT2D eigenvalue weighted by Gasteiger charge is 2.12. The van der Waals surface area contributed by atoms with Gasteiger partial charge >= 0.3 is 0 Å². The number of amides is 1. The molecular weight excluding hydrogens is 195 g/mol. The predicted molar refractivity (Wildman–Crippen MR) is 56.6 cm³/mol. The molecule has 82 valence electrons. The minimum absolute atomic E-state index is 0.163. The summed E-state index contributed by atoms with van der Waals surface area (Å²) in [4.78, 5) is 11.3. The van der Waals surface area contributed by atoms with E-state index in [0.717, 1.165) is 5.56 Å². The van der Waals surface area contributed by atoms with Crippen molar-refractivity contribution in [2.24, 2.45) is 5.73 Å². The maximum atomic E-state index is 12.6. The van der Waals surface area contributed by atoms with E-state index in [-0.39, 0.29) is 17.8 Å². The summed E-state index contributed by atoms with van der Waals surface area (Å²) in [6.45, 7) is 3.44. The number of benzene rings is 1. The second kappa shape index (κ2) is 4.89. The molecule has 0 heterocycles. The molecule has 3 nitrogen and oxygen atoms in total. The lowest BCUT2D eigenvalue weighted by Gasteiger charge is -2.15. The van der Waals surface area contributed by atoms with E-state index < -0.39 is 6.04 Å². The number of carbonyl (C=O) groups excluding carboxylic acids is 1. The molecule has 3 N–H and O–H groups in total. The Morgan fingerprint density at radius 2 is 1.87 bits per heavy atom. The highest BCUT2D eigenvalue weighted by atomic mass is 19.1. The lowest BCUT2D eigenvalue weighted by Crippen LogP contribution is -2.39. The van der Waals surface area contributed by atoms with E-state index in [1.807, 2.05) is 6.92 Å². The topological polar surface area (TPSA) is 55.1 Å². The number of carbonyl (C=O) groups is 1. The summed E-state index contributed by atoms with van der Waals surface area (Å²) in [6.07, 6.45) is 0. The summed E-state index contributed by atoms with van der Waals surface area (Å²) in [6, 6.07) is 5.31. The average molecular weight is 210 g/mol. The lowest BCUT2D eigenvalue weighted by atomic mass is 10.1. The minimum atomic E-state index is -0.534. The van der Waals surface area contributed by atoms with Crippen LogP contribution in [0.25, 0.3) is 0 Å². The van der Waals surface area contributed by atoms with E-state index in [0.29, 0.717) is 0 Å². The zero-order valence-corrected chi connectivity index (χ0v) is 8.83. The van der Waals surface area contributed by atoms with Gasteiger partial charge in [-0.25, -0.2) is 4.39 Å². The molecule has 4 heteroatoms. The molecule has 2 atom stereocenters. The van der Waals surface area contributed by atoms with Crippen LogP contribution in [0.1, 0.15) is 25.5 Å². The van der Waals surface area contributed by atoms with Crippen molar-refractivity contribution in [3.05, 3.63) is 35.6 Å².